The van der Waals surface area contributed by atoms with Crippen LogP contribution in [0.5, 0.6) is 0 Å². The Labute approximate surface area is 117 Å². The van der Waals surface area contributed by atoms with E-state index in [0.717, 1.165) is 0 Å². The van der Waals surface area contributed by atoms with Crippen molar-refractivity contribution in [3.05, 3.63) is 0 Å². The van der Waals surface area contributed by atoms with Crippen LogP contribution in [0.1, 0.15) is 13.8 Å². The molecule has 0 fully saturated rings. The van der Waals surface area contributed by atoms with E-state index >= 15 is 0 Å². The van der Waals surface area contributed by atoms with Crippen molar-refractivity contribution in [3.8, 4) is 0 Å². The highest BCUT2D eigenvalue weighted by Gasteiger charge is 2.35. The Morgan fingerprint density at radius 1 is 1.05 bits per heavy atom. The predicted octanol–water partition coefficient (Wildman–Crippen LogP) is -1.14. The van der Waals surface area contributed by atoms with Crippen molar-refractivity contribution in [2.75, 3.05) is 27.4 Å². The van der Waals surface area contributed by atoms with Crippen molar-refractivity contribution < 1.29 is 38.7 Å². The van der Waals surface area contributed by atoms with Gasteiger partial charge in [0.2, 0.25) is 0 Å². The van der Waals surface area contributed by atoms with E-state index in [0.29, 0.717) is 0 Å². The number of methoxy groups -OCH3 is 2. The molecule has 0 heterocycles. The lowest BCUT2D eigenvalue weighted by Crippen LogP contribution is -2.50. The summed E-state index contributed by atoms with van der Waals surface area (Å²) in [5.41, 5.74) is 0. The van der Waals surface area contributed by atoms with E-state index in [4.69, 9.17) is 14.2 Å². The number of carbonyl (C=O) groups is 2. The summed E-state index contributed by atoms with van der Waals surface area (Å²) in [6, 6.07) is 0. The molecule has 0 spiro atoms. The lowest BCUT2D eigenvalue weighted by atomic mass is 10.0. The highest BCUT2D eigenvalue weighted by atomic mass is 16.6. The molecule has 0 aromatic carbocycles. The lowest BCUT2D eigenvalue weighted by molar-refractivity contribution is -0.177. The highest BCUT2D eigenvalue weighted by Crippen LogP contribution is 2.13. The second-order valence-corrected chi connectivity index (χ2v) is 4.16. The number of aliphatic hydroxyl groups is 2. The zero-order valence-corrected chi connectivity index (χ0v) is 12.1. The summed E-state index contributed by atoms with van der Waals surface area (Å²) in [4.78, 5) is 21.7. The second-order valence-electron chi connectivity index (χ2n) is 4.16. The largest absolute Gasteiger partial charge is 0.463 e. The monoisotopic (exact) mass is 294 g/mol. The van der Waals surface area contributed by atoms with E-state index in [1.807, 2.05) is 0 Å². The van der Waals surface area contributed by atoms with E-state index in [-0.39, 0.29) is 6.61 Å². The first-order valence-corrected chi connectivity index (χ1v) is 6.01. The maximum absolute atomic E-state index is 11.0. The fraction of sp³-hybridized carbons (Fsp3) is 0.833. The number of hydrogen-bond acceptors (Lipinski definition) is 8. The first-order valence-electron chi connectivity index (χ1n) is 6.01. The molecule has 0 aliphatic rings. The molecule has 0 amide bonds. The molecule has 0 aromatic rings. The van der Waals surface area contributed by atoms with E-state index in [1.54, 1.807) is 0 Å². The molecule has 118 valence electrons. The highest BCUT2D eigenvalue weighted by molar-refractivity contribution is 5.66. The number of aliphatic hydroxyl groups excluding tert-OH is 2. The minimum atomic E-state index is -1.42. The van der Waals surface area contributed by atoms with Crippen molar-refractivity contribution in [1.29, 1.82) is 0 Å². The van der Waals surface area contributed by atoms with Crippen LogP contribution in [0.25, 0.3) is 0 Å². The third-order valence-corrected chi connectivity index (χ3v) is 2.48. The molecule has 0 saturated carbocycles. The number of esters is 2. The predicted molar refractivity (Wildman–Crippen MR) is 66.9 cm³/mol. The minimum absolute atomic E-state index is 0.0184. The average Bonchev–Trinajstić information content (AvgIpc) is 2.36. The van der Waals surface area contributed by atoms with Gasteiger partial charge in [0, 0.05) is 28.1 Å². The van der Waals surface area contributed by atoms with E-state index in [2.05, 4.69) is 4.74 Å². The third kappa shape index (κ3) is 6.80. The summed E-state index contributed by atoms with van der Waals surface area (Å²) in [5, 5.41) is 19.7. The molecule has 0 aliphatic carbocycles. The quantitative estimate of drug-likeness (QED) is 0.514. The van der Waals surface area contributed by atoms with Crippen LogP contribution in [-0.4, -0.2) is 74.0 Å². The summed E-state index contributed by atoms with van der Waals surface area (Å²) in [5.74, 6) is -1.16. The maximum Gasteiger partial charge on any atom is 0.303 e. The van der Waals surface area contributed by atoms with Crippen molar-refractivity contribution >= 4 is 11.9 Å². The Morgan fingerprint density at radius 3 is 2.05 bits per heavy atom. The molecular formula is C12H22O8. The molecule has 8 heteroatoms. The zero-order valence-electron chi connectivity index (χ0n) is 12.1. The summed E-state index contributed by atoms with van der Waals surface area (Å²) in [7, 11) is 2.68. The fourth-order valence-electron chi connectivity index (χ4n) is 1.60. The number of rotatable bonds is 9. The van der Waals surface area contributed by atoms with Gasteiger partial charge < -0.3 is 29.2 Å². The van der Waals surface area contributed by atoms with Crippen LogP contribution < -0.4 is 0 Å². The van der Waals surface area contributed by atoms with Crippen LogP contribution >= 0.6 is 0 Å². The van der Waals surface area contributed by atoms with Gasteiger partial charge in [-0.1, -0.05) is 0 Å². The van der Waals surface area contributed by atoms with E-state index < -0.39 is 43.0 Å². The molecule has 8 nitrogen and oxygen atoms in total. The van der Waals surface area contributed by atoms with Crippen LogP contribution in [0, 0.1) is 0 Å². The van der Waals surface area contributed by atoms with Gasteiger partial charge in [-0.05, 0) is 0 Å². The van der Waals surface area contributed by atoms with Crippen LogP contribution in [0.3, 0.4) is 0 Å². The van der Waals surface area contributed by atoms with Crippen LogP contribution in [0.15, 0.2) is 0 Å². The Bertz CT molecular complexity index is 306. The van der Waals surface area contributed by atoms with Gasteiger partial charge in [-0.2, -0.15) is 0 Å². The van der Waals surface area contributed by atoms with Gasteiger partial charge in [0.1, 0.15) is 24.9 Å². The molecule has 0 aliphatic heterocycles. The first-order chi connectivity index (χ1) is 9.33. The molecule has 0 saturated heterocycles. The zero-order chi connectivity index (χ0) is 15.7. The van der Waals surface area contributed by atoms with Crippen LogP contribution in [-0.2, 0) is 28.5 Å². The van der Waals surface area contributed by atoms with Crippen molar-refractivity contribution in [2.24, 2.45) is 0 Å². The molecular weight excluding hydrogens is 272 g/mol. The maximum atomic E-state index is 11.0. The van der Waals surface area contributed by atoms with E-state index in [9.17, 15) is 19.8 Å². The summed E-state index contributed by atoms with van der Waals surface area (Å²) in [6.07, 6.45) is -4.72. The van der Waals surface area contributed by atoms with Crippen molar-refractivity contribution in [3.63, 3.8) is 0 Å². The van der Waals surface area contributed by atoms with Gasteiger partial charge in [-0.25, -0.2) is 0 Å². The van der Waals surface area contributed by atoms with Gasteiger partial charge in [0.05, 0.1) is 6.61 Å². The molecule has 0 rings (SSSR count). The average molecular weight is 294 g/mol. The lowest BCUT2D eigenvalue weighted by Gasteiger charge is -2.31. The fourth-order valence-corrected chi connectivity index (χ4v) is 1.60. The Kier molecular flexibility index (Phi) is 9.06. The minimum Gasteiger partial charge on any atom is -0.463 e. The van der Waals surface area contributed by atoms with Crippen LogP contribution in [0.2, 0.25) is 0 Å². The van der Waals surface area contributed by atoms with Gasteiger partial charge in [-0.3, -0.25) is 9.59 Å². The summed E-state index contributed by atoms with van der Waals surface area (Å²) >= 11 is 0. The summed E-state index contributed by atoms with van der Waals surface area (Å²) < 4.78 is 19.5. The molecule has 20 heavy (non-hydrogen) atoms. The Hall–Kier alpha value is -1.22. The van der Waals surface area contributed by atoms with Gasteiger partial charge in [-0.15, -0.1) is 0 Å². The smallest absolute Gasteiger partial charge is 0.303 e. The van der Waals surface area contributed by atoms with Gasteiger partial charge >= 0.3 is 11.9 Å². The standard InChI is InChI=1S/C12H22O8/c1-7(13)19-5-9(15)11(16)12(18-4)10(6-17-3)20-8(2)14/h9-12,15-16H,5-6H2,1-4H3. The number of ether oxygens (including phenoxy) is 4. The van der Waals surface area contributed by atoms with Crippen molar-refractivity contribution in [1.82, 2.24) is 0 Å². The SMILES string of the molecule is COCC(OC(C)=O)C(OC)C(O)C(O)COC(C)=O. The molecule has 0 radical (unpaired) electrons. The van der Waals surface area contributed by atoms with Gasteiger partial charge in [0.15, 0.2) is 6.10 Å². The normalized spacial score (nSPS) is 16.9. The topological polar surface area (TPSA) is 112 Å². The van der Waals surface area contributed by atoms with Gasteiger partial charge in [0.25, 0.3) is 0 Å². The number of carbonyl (C=O) groups excluding carboxylic acids is 2. The number of hydrogen-bond donors (Lipinski definition) is 2. The molecule has 2 N–H and O–H groups in total. The second kappa shape index (κ2) is 9.65. The molecule has 0 aromatic heterocycles. The molecule has 0 bridgehead atoms. The first kappa shape index (κ1) is 18.8. The molecule has 4 atom stereocenters. The van der Waals surface area contributed by atoms with Crippen molar-refractivity contribution in [2.45, 2.75) is 38.3 Å². The Balaban J connectivity index is 4.72. The molecule has 4 unspecified atom stereocenters. The summed E-state index contributed by atoms with van der Waals surface area (Å²) in [6.45, 7) is 1.97. The third-order valence-electron chi connectivity index (χ3n) is 2.48. The van der Waals surface area contributed by atoms with Crippen LogP contribution in [0.4, 0.5) is 0 Å². The Morgan fingerprint density at radius 2 is 1.65 bits per heavy atom. The van der Waals surface area contributed by atoms with E-state index in [1.165, 1.54) is 28.1 Å².